The van der Waals surface area contributed by atoms with Crippen LogP contribution in [0.25, 0.3) is 0 Å². The van der Waals surface area contributed by atoms with Crippen molar-refractivity contribution in [3.63, 3.8) is 0 Å². The highest BCUT2D eigenvalue weighted by molar-refractivity contribution is 7.80. The Bertz CT molecular complexity index is 940. The summed E-state index contributed by atoms with van der Waals surface area (Å²) in [6.07, 6.45) is 0.863. The topological polar surface area (TPSA) is 50.8 Å². The second-order valence-corrected chi connectivity index (χ2v) is 7.25. The second-order valence-electron chi connectivity index (χ2n) is 6.86. The van der Waals surface area contributed by atoms with E-state index in [9.17, 15) is 4.79 Å². The van der Waals surface area contributed by atoms with Gasteiger partial charge in [0.1, 0.15) is 0 Å². The van der Waals surface area contributed by atoms with E-state index >= 15 is 0 Å². The molecule has 1 N–H and O–H groups in total. The van der Waals surface area contributed by atoms with E-state index in [1.54, 1.807) is 7.11 Å². The molecule has 5 nitrogen and oxygen atoms in total. The molecule has 1 aliphatic heterocycles. The zero-order chi connectivity index (χ0) is 21.0. The number of rotatable bonds is 7. The fourth-order valence-electron chi connectivity index (χ4n) is 3.39. The number of Topliss-reactive ketones (excluding diaryl/α,β-unsaturated/α-hetero) is 1. The number of allylic oxidation sites excluding steroid dienone is 1. The van der Waals surface area contributed by atoms with Gasteiger partial charge in [0, 0.05) is 29.4 Å². The molecule has 2 aromatic carbocycles. The van der Waals surface area contributed by atoms with E-state index < -0.39 is 6.04 Å². The molecule has 1 aliphatic rings. The summed E-state index contributed by atoms with van der Waals surface area (Å²) in [6.45, 7) is 4.52. The fraction of sp³-hybridized carbons (Fsp3) is 0.304. The molecule has 1 heterocycles. The molecule has 0 saturated heterocycles. The third-order valence-corrected chi connectivity index (χ3v) is 5.42. The number of ether oxygens (including phenoxy) is 2. The Morgan fingerprint density at radius 1 is 1.17 bits per heavy atom. The van der Waals surface area contributed by atoms with E-state index in [-0.39, 0.29) is 5.78 Å². The summed E-state index contributed by atoms with van der Waals surface area (Å²) in [6, 6.07) is 14.5. The predicted octanol–water partition coefficient (Wildman–Crippen LogP) is 4.50. The highest BCUT2D eigenvalue weighted by atomic mass is 32.1. The van der Waals surface area contributed by atoms with Crippen LogP contribution < -0.4 is 14.8 Å². The van der Waals surface area contributed by atoms with E-state index in [1.807, 2.05) is 74.3 Å². The van der Waals surface area contributed by atoms with Gasteiger partial charge >= 0.3 is 0 Å². The summed E-state index contributed by atoms with van der Waals surface area (Å²) in [5.74, 6) is 1.22. The van der Waals surface area contributed by atoms with Crippen molar-refractivity contribution in [1.82, 2.24) is 10.2 Å². The van der Waals surface area contributed by atoms with Gasteiger partial charge in [0.05, 0.1) is 19.8 Å². The van der Waals surface area contributed by atoms with Crippen molar-refractivity contribution in [2.45, 2.75) is 26.3 Å². The third-order valence-electron chi connectivity index (χ3n) is 5.03. The van der Waals surface area contributed by atoms with Gasteiger partial charge in [-0.1, -0.05) is 49.4 Å². The summed E-state index contributed by atoms with van der Waals surface area (Å²) in [4.78, 5) is 15.3. The molecule has 3 rings (SSSR count). The lowest BCUT2D eigenvalue weighted by Crippen LogP contribution is -2.46. The van der Waals surface area contributed by atoms with Crippen molar-refractivity contribution in [1.29, 1.82) is 0 Å². The predicted molar refractivity (Wildman–Crippen MR) is 118 cm³/mol. The number of hydrogen-bond acceptors (Lipinski definition) is 4. The lowest BCUT2D eigenvalue weighted by molar-refractivity contribution is 0.102. The van der Waals surface area contributed by atoms with E-state index in [0.717, 1.165) is 17.7 Å². The Labute approximate surface area is 177 Å². The zero-order valence-corrected chi connectivity index (χ0v) is 18.0. The molecule has 29 heavy (non-hydrogen) atoms. The SMILES string of the molecule is CCCOc1c(OC)cccc1C1NC(=S)N(C)C(C)=C1C(=O)c1ccccc1. The molecule has 6 heteroatoms. The summed E-state index contributed by atoms with van der Waals surface area (Å²) in [5.41, 5.74) is 2.92. The minimum absolute atomic E-state index is 0.0424. The van der Waals surface area contributed by atoms with Crippen LogP contribution in [0.4, 0.5) is 0 Å². The first-order valence-corrected chi connectivity index (χ1v) is 10.0. The van der Waals surface area contributed by atoms with E-state index in [4.69, 9.17) is 21.7 Å². The van der Waals surface area contributed by atoms with Gasteiger partial charge in [0.25, 0.3) is 0 Å². The van der Waals surface area contributed by atoms with Crippen molar-refractivity contribution in [3.05, 3.63) is 70.9 Å². The monoisotopic (exact) mass is 410 g/mol. The van der Waals surface area contributed by atoms with E-state index in [0.29, 0.717) is 34.4 Å². The Morgan fingerprint density at radius 2 is 1.90 bits per heavy atom. The van der Waals surface area contributed by atoms with Gasteiger partial charge < -0.3 is 19.7 Å². The highest BCUT2D eigenvalue weighted by Gasteiger charge is 2.35. The van der Waals surface area contributed by atoms with Gasteiger partial charge in [-0.05, 0) is 31.6 Å². The fourth-order valence-corrected chi connectivity index (χ4v) is 3.64. The average Bonchev–Trinajstić information content (AvgIpc) is 2.75. The van der Waals surface area contributed by atoms with Crippen molar-refractivity contribution >= 4 is 23.1 Å². The van der Waals surface area contributed by atoms with Crippen LogP contribution in [-0.4, -0.2) is 36.6 Å². The van der Waals surface area contributed by atoms with Crippen LogP contribution in [0, 0.1) is 0 Å². The maximum Gasteiger partial charge on any atom is 0.193 e. The van der Waals surface area contributed by atoms with E-state index in [1.165, 1.54) is 0 Å². The molecule has 0 bridgehead atoms. The number of nitrogens with zero attached hydrogens (tertiary/aromatic N) is 1. The minimum Gasteiger partial charge on any atom is -0.493 e. The summed E-state index contributed by atoms with van der Waals surface area (Å²) in [7, 11) is 3.47. The molecule has 2 aromatic rings. The van der Waals surface area contributed by atoms with Crippen molar-refractivity contribution in [2.24, 2.45) is 0 Å². The third kappa shape index (κ3) is 4.12. The number of ketones is 1. The largest absolute Gasteiger partial charge is 0.493 e. The number of thiocarbonyl (C=S) groups is 1. The van der Waals surface area contributed by atoms with E-state index in [2.05, 4.69) is 5.32 Å². The molecule has 0 saturated carbocycles. The summed E-state index contributed by atoms with van der Waals surface area (Å²) >= 11 is 5.53. The minimum atomic E-state index is -0.437. The first-order valence-electron chi connectivity index (χ1n) is 9.64. The second kappa shape index (κ2) is 9.09. The molecule has 0 fully saturated rings. The lowest BCUT2D eigenvalue weighted by Gasteiger charge is -2.36. The van der Waals surface area contributed by atoms with Gasteiger partial charge in [-0.2, -0.15) is 0 Å². The smallest absolute Gasteiger partial charge is 0.193 e. The van der Waals surface area contributed by atoms with Crippen LogP contribution in [0.3, 0.4) is 0 Å². The van der Waals surface area contributed by atoms with Gasteiger partial charge in [-0.25, -0.2) is 0 Å². The maximum atomic E-state index is 13.5. The number of nitrogens with one attached hydrogen (secondary N) is 1. The molecule has 152 valence electrons. The molecule has 0 aliphatic carbocycles. The van der Waals surface area contributed by atoms with Crippen LogP contribution in [0.2, 0.25) is 0 Å². The molecule has 0 amide bonds. The quantitative estimate of drug-likeness (QED) is 0.536. The van der Waals surface area contributed by atoms with Crippen LogP contribution in [0.1, 0.15) is 42.2 Å². The van der Waals surface area contributed by atoms with Gasteiger partial charge in [0.15, 0.2) is 22.4 Å². The maximum absolute atomic E-state index is 13.5. The summed E-state index contributed by atoms with van der Waals surface area (Å²) < 4.78 is 11.6. The van der Waals surface area contributed by atoms with Gasteiger partial charge in [0.2, 0.25) is 0 Å². The number of para-hydroxylation sites is 1. The number of hydrogen-bond donors (Lipinski definition) is 1. The number of benzene rings is 2. The van der Waals surface area contributed by atoms with Crippen molar-refractivity contribution in [2.75, 3.05) is 20.8 Å². The van der Waals surface area contributed by atoms with Gasteiger partial charge in [-0.3, -0.25) is 4.79 Å². The number of carbonyl (C=O) groups is 1. The Balaban J connectivity index is 2.16. The number of methoxy groups -OCH3 is 1. The van der Waals surface area contributed by atoms with Crippen LogP contribution in [0.15, 0.2) is 59.8 Å². The molecular weight excluding hydrogens is 384 g/mol. The summed E-state index contributed by atoms with van der Waals surface area (Å²) in [5, 5.41) is 3.88. The zero-order valence-electron chi connectivity index (χ0n) is 17.2. The highest BCUT2D eigenvalue weighted by Crippen LogP contribution is 2.41. The van der Waals surface area contributed by atoms with Crippen LogP contribution >= 0.6 is 12.2 Å². The molecule has 1 atom stereocenters. The standard InChI is InChI=1S/C23H26N2O3S/c1-5-14-28-22-17(12-9-13-18(22)27-4)20-19(15(2)25(3)23(29)24-20)21(26)16-10-7-6-8-11-16/h6-13,20H,5,14H2,1-4H3,(H,24,29). The Hall–Kier alpha value is -2.86. The van der Waals surface area contributed by atoms with Gasteiger partial charge in [-0.15, -0.1) is 0 Å². The number of carbonyl (C=O) groups excluding carboxylic acids is 1. The van der Waals surface area contributed by atoms with Crippen LogP contribution in [0.5, 0.6) is 11.5 Å². The molecule has 0 spiro atoms. The Morgan fingerprint density at radius 3 is 2.55 bits per heavy atom. The first-order chi connectivity index (χ1) is 14.0. The molecule has 0 radical (unpaired) electrons. The first kappa shape index (κ1) is 20.9. The average molecular weight is 411 g/mol. The normalized spacial score (nSPS) is 16.5. The van der Waals surface area contributed by atoms with Crippen molar-refractivity contribution in [3.8, 4) is 11.5 Å². The van der Waals surface area contributed by atoms with Crippen LogP contribution in [-0.2, 0) is 0 Å². The molecule has 1 unspecified atom stereocenters. The Kier molecular flexibility index (Phi) is 6.54. The molecule has 0 aromatic heterocycles. The molecular formula is C23H26N2O3S. The lowest BCUT2D eigenvalue weighted by atomic mass is 9.88. The van der Waals surface area contributed by atoms with Crippen molar-refractivity contribution < 1.29 is 14.3 Å².